The van der Waals surface area contributed by atoms with Crippen molar-refractivity contribution in [1.82, 2.24) is 0 Å². The van der Waals surface area contributed by atoms with Crippen molar-refractivity contribution in [2.75, 3.05) is 11.9 Å². The van der Waals surface area contributed by atoms with Gasteiger partial charge in [-0.15, -0.1) is 0 Å². The molecule has 1 aliphatic rings. The van der Waals surface area contributed by atoms with Crippen molar-refractivity contribution in [3.05, 3.63) is 28.8 Å². The minimum Gasteiger partial charge on any atom is -0.478 e. The molecule has 19 heavy (non-hydrogen) atoms. The van der Waals surface area contributed by atoms with E-state index >= 15 is 0 Å². The minimum atomic E-state index is -1.13. The van der Waals surface area contributed by atoms with Gasteiger partial charge in [-0.2, -0.15) is 0 Å². The topological polar surface area (TPSA) is 92.4 Å². The molecule has 0 radical (unpaired) electrons. The van der Waals surface area contributed by atoms with E-state index in [1.54, 1.807) is 6.07 Å². The minimum absolute atomic E-state index is 0.0325. The first-order valence-electron chi connectivity index (χ1n) is 6.03. The maximum Gasteiger partial charge on any atom is 0.337 e. The van der Waals surface area contributed by atoms with Crippen molar-refractivity contribution in [3.8, 4) is 0 Å². The Balaban J connectivity index is 2.17. The van der Waals surface area contributed by atoms with Crippen molar-refractivity contribution in [2.45, 2.75) is 19.3 Å². The second-order valence-corrected chi connectivity index (χ2v) is 5.20. The van der Waals surface area contributed by atoms with Crippen LogP contribution < -0.4 is 11.1 Å². The molecule has 0 saturated heterocycles. The molecular formula is C13H15ClN2O3. The number of carbonyl (C=O) groups is 2. The van der Waals surface area contributed by atoms with Crippen molar-refractivity contribution >= 4 is 29.2 Å². The number of hydrogen-bond donors (Lipinski definition) is 3. The normalized spacial score (nSPS) is 16.5. The van der Waals surface area contributed by atoms with Crippen LogP contribution in [0.3, 0.4) is 0 Å². The van der Waals surface area contributed by atoms with Gasteiger partial charge in [-0.05, 0) is 31.0 Å². The Morgan fingerprint density at radius 3 is 2.58 bits per heavy atom. The zero-order chi connectivity index (χ0) is 14.0. The Labute approximate surface area is 115 Å². The fourth-order valence-corrected chi connectivity index (χ4v) is 2.36. The van der Waals surface area contributed by atoms with Gasteiger partial charge in [0, 0.05) is 12.2 Å². The van der Waals surface area contributed by atoms with Crippen LogP contribution in [0, 0.1) is 5.41 Å². The number of rotatable bonds is 4. The second-order valence-electron chi connectivity index (χ2n) is 4.79. The highest BCUT2D eigenvalue weighted by atomic mass is 35.5. The molecule has 1 aromatic rings. The van der Waals surface area contributed by atoms with E-state index in [-0.39, 0.29) is 16.5 Å². The van der Waals surface area contributed by atoms with Crippen LogP contribution in [0.2, 0.25) is 5.02 Å². The van der Waals surface area contributed by atoms with E-state index in [9.17, 15) is 9.59 Å². The van der Waals surface area contributed by atoms with E-state index in [4.69, 9.17) is 22.4 Å². The van der Waals surface area contributed by atoms with Gasteiger partial charge in [0.15, 0.2) is 0 Å². The fraction of sp³-hybridized carbons (Fsp3) is 0.385. The van der Waals surface area contributed by atoms with Gasteiger partial charge >= 0.3 is 5.97 Å². The SMILES string of the molecule is NCC1(C(=O)Nc2ccc(Cl)c(C(=O)O)c2)CCC1. The first-order chi connectivity index (χ1) is 8.98. The number of halogens is 1. The van der Waals surface area contributed by atoms with E-state index < -0.39 is 11.4 Å². The number of hydrogen-bond acceptors (Lipinski definition) is 3. The first kappa shape index (κ1) is 13.8. The third kappa shape index (κ3) is 2.57. The highest BCUT2D eigenvalue weighted by Gasteiger charge is 2.42. The molecule has 0 heterocycles. The molecule has 1 aromatic carbocycles. The summed E-state index contributed by atoms with van der Waals surface area (Å²) in [5.41, 5.74) is 5.54. The van der Waals surface area contributed by atoms with E-state index in [0.29, 0.717) is 12.2 Å². The zero-order valence-corrected chi connectivity index (χ0v) is 11.0. The van der Waals surface area contributed by atoms with Crippen molar-refractivity contribution in [2.24, 2.45) is 11.1 Å². The lowest BCUT2D eigenvalue weighted by molar-refractivity contribution is -0.129. The highest BCUT2D eigenvalue weighted by Crippen LogP contribution is 2.40. The molecule has 0 spiro atoms. The van der Waals surface area contributed by atoms with Crippen molar-refractivity contribution in [3.63, 3.8) is 0 Å². The molecule has 0 unspecified atom stereocenters. The van der Waals surface area contributed by atoms with E-state index in [1.807, 2.05) is 0 Å². The van der Waals surface area contributed by atoms with Gasteiger partial charge in [0.1, 0.15) is 0 Å². The number of aromatic carboxylic acids is 1. The fourth-order valence-electron chi connectivity index (χ4n) is 2.16. The number of carbonyl (C=O) groups excluding carboxylic acids is 1. The van der Waals surface area contributed by atoms with Crippen LogP contribution in [0.25, 0.3) is 0 Å². The van der Waals surface area contributed by atoms with Crippen LogP contribution in [0.15, 0.2) is 18.2 Å². The van der Waals surface area contributed by atoms with Crippen LogP contribution in [-0.2, 0) is 4.79 Å². The Kier molecular flexibility index (Phi) is 3.78. The largest absolute Gasteiger partial charge is 0.478 e. The Morgan fingerprint density at radius 2 is 2.11 bits per heavy atom. The highest BCUT2D eigenvalue weighted by molar-refractivity contribution is 6.33. The van der Waals surface area contributed by atoms with Gasteiger partial charge in [0.2, 0.25) is 5.91 Å². The van der Waals surface area contributed by atoms with Crippen LogP contribution in [0.1, 0.15) is 29.6 Å². The number of nitrogens with one attached hydrogen (secondary N) is 1. The van der Waals surface area contributed by atoms with E-state index in [2.05, 4.69) is 5.32 Å². The summed E-state index contributed by atoms with van der Waals surface area (Å²) < 4.78 is 0. The molecule has 102 valence electrons. The molecule has 2 rings (SSSR count). The average Bonchev–Trinajstić information content (AvgIpc) is 2.30. The van der Waals surface area contributed by atoms with Gasteiger partial charge in [-0.3, -0.25) is 4.79 Å². The lowest BCUT2D eigenvalue weighted by atomic mass is 9.68. The smallest absolute Gasteiger partial charge is 0.337 e. The van der Waals surface area contributed by atoms with Crippen LogP contribution >= 0.6 is 11.6 Å². The van der Waals surface area contributed by atoms with Crippen LogP contribution in [0.4, 0.5) is 5.69 Å². The zero-order valence-electron chi connectivity index (χ0n) is 10.3. The number of nitrogens with two attached hydrogens (primary N) is 1. The monoisotopic (exact) mass is 282 g/mol. The van der Waals surface area contributed by atoms with Crippen LogP contribution in [0.5, 0.6) is 0 Å². The summed E-state index contributed by atoms with van der Waals surface area (Å²) in [5.74, 6) is -1.28. The maximum absolute atomic E-state index is 12.1. The summed E-state index contributed by atoms with van der Waals surface area (Å²) in [6.07, 6.45) is 2.54. The molecule has 0 aromatic heterocycles. The molecule has 0 bridgehead atoms. The molecule has 0 atom stereocenters. The molecule has 1 amide bonds. The molecule has 1 fully saturated rings. The van der Waals surface area contributed by atoms with Gasteiger partial charge in [-0.1, -0.05) is 18.0 Å². The third-order valence-electron chi connectivity index (χ3n) is 3.64. The van der Waals surface area contributed by atoms with Crippen LogP contribution in [-0.4, -0.2) is 23.5 Å². The summed E-state index contributed by atoms with van der Waals surface area (Å²) in [6, 6.07) is 4.39. The first-order valence-corrected chi connectivity index (χ1v) is 6.41. The molecule has 1 saturated carbocycles. The summed E-state index contributed by atoms with van der Waals surface area (Å²) in [7, 11) is 0. The molecule has 4 N–H and O–H groups in total. The third-order valence-corrected chi connectivity index (χ3v) is 3.97. The van der Waals surface area contributed by atoms with Gasteiger partial charge < -0.3 is 16.2 Å². The lowest BCUT2D eigenvalue weighted by Crippen LogP contribution is -2.47. The summed E-state index contributed by atoms with van der Waals surface area (Å²) >= 11 is 5.77. The molecule has 1 aliphatic carbocycles. The second kappa shape index (κ2) is 5.19. The number of carboxylic acid groups (broad SMARTS) is 1. The van der Waals surface area contributed by atoms with Gasteiger partial charge in [-0.25, -0.2) is 4.79 Å². The molecule has 6 heteroatoms. The van der Waals surface area contributed by atoms with E-state index in [1.165, 1.54) is 12.1 Å². The summed E-state index contributed by atoms with van der Waals surface area (Å²) in [5, 5.41) is 11.8. The Bertz CT molecular complexity index is 521. The number of amides is 1. The van der Waals surface area contributed by atoms with Gasteiger partial charge in [0.05, 0.1) is 16.0 Å². The summed E-state index contributed by atoms with van der Waals surface area (Å²) in [4.78, 5) is 23.1. The molecular weight excluding hydrogens is 268 g/mol. The number of anilines is 1. The summed E-state index contributed by atoms with van der Waals surface area (Å²) in [6.45, 7) is 0.304. The van der Waals surface area contributed by atoms with E-state index in [0.717, 1.165) is 19.3 Å². The Hall–Kier alpha value is -1.59. The van der Waals surface area contributed by atoms with Crippen molar-refractivity contribution in [1.29, 1.82) is 0 Å². The average molecular weight is 283 g/mol. The number of benzene rings is 1. The Morgan fingerprint density at radius 1 is 1.42 bits per heavy atom. The van der Waals surface area contributed by atoms with Crippen molar-refractivity contribution < 1.29 is 14.7 Å². The van der Waals surface area contributed by atoms with Gasteiger partial charge in [0.25, 0.3) is 0 Å². The number of carboxylic acids is 1. The quantitative estimate of drug-likeness (QED) is 0.788. The molecule has 5 nitrogen and oxygen atoms in total. The lowest BCUT2D eigenvalue weighted by Gasteiger charge is -2.39. The predicted octanol–water partition coefficient (Wildman–Crippen LogP) is 2.11. The maximum atomic E-state index is 12.1. The molecule has 0 aliphatic heterocycles. The predicted molar refractivity (Wildman–Crippen MR) is 72.4 cm³/mol. The standard InChI is InChI=1S/C13H15ClN2O3/c14-10-3-2-8(6-9(10)11(17)18)16-12(19)13(7-15)4-1-5-13/h2-3,6H,1,4-5,7,15H2,(H,16,19)(H,17,18).